The molecule has 1 atom stereocenters. The Morgan fingerprint density at radius 2 is 2.18 bits per heavy atom. The van der Waals surface area contributed by atoms with E-state index in [1.165, 1.54) is 6.42 Å². The van der Waals surface area contributed by atoms with E-state index < -0.39 is 0 Å². The van der Waals surface area contributed by atoms with Gasteiger partial charge in [-0.25, -0.2) is 4.68 Å². The van der Waals surface area contributed by atoms with E-state index in [1.807, 2.05) is 10.9 Å². The first kappa shape index (κ1) is 15.7. The van der Waals surface area contributed by atoms with E-state index in [2.05, 4.69) is 26.3 Å². The van der Waals surface area contributed by atoms with Crippen LogP contribution < -0.4 is 5.32 Å². The van der Waals surface area contributed by atoms with Crippen molar-refractivity contribution in [1.29, 1.82) is 5.41 Å². The van der Waals surface area contributed by atoms with Crippen molar-refractivity contribution in [3.05, 3.63) is 22.6 Å². The second-order valence-electron chi connectivity index (χ2n) is 5.54. The van der Waals surface area contributed by atoms with Gasteiger partial charge in [0.15, 0.2) is 0 Å². The van der Waals surface area contributed by atoms with Gasteiger partial charge < -0.3 is 20.2 Å². The minimum absolute atomic E-state index is 0.0420. The molecule has 0 bridgehead atoms. The first-order chi connectivity index (χ1) is 10.7. The van der Waals surface area contributed by atoms with E-state index in [9.17, 15) is 0 Å². The van der Waals surface area contributed by atoms with E-state index >= 15 is 0 Å². The van der Waals surface area contributed by atoms with Crippen LogP contribution in [0, 0.1) is 5.41 Å². The molecule has 0 aromatic carbocycles. The van der Waals surface area contributed by atoms with Crippen LogP contribution in [0.4, 0.5) is 5.69 Å². The molecular weight excluding hydrogens is 348 g/mol. The number of hydrogen-bond donors (Lipinski definition) is 2. The standard InChI is InChI=1S/C15H21BrN4O2/c16-15(12-4-7-21-8-5-13(12)17)19-11-9-18-20(10-11)14-3-1-2-6-22-14/h9-10,14,17,19H,1-8H2/b15-12-,17-13?. The molecule has 1 aromatic heterocycles. The van der Waals surface area contributed by atoms with Crippen molar-refractivity contribution in [2.75, 3.05) is 25.1 Å². The van der Waals surface area contributed by atoms with E-state index in [1.54, 1.807) is 6.20 Å². The minimum Gasteiger partial charge on any atom is -0.381 e. The van der Waals surface area contributed by atoms with Gasteiger partial charge in [-0.1, -0.05) is 0 Å². The molecule has 3 rings (SSSR count). The third-order valence-corrected chi connectivity index (χ3v) is 4.61. The summed E-state index contributed by atoms with van der Waals surface area (Å²) in [5.41, 5.74) is 2.49. The summed E-state index contributed by atoms with van der Waals surface area (Å²) in [4.78, 5) is 0. The molecule has 2 N–H and O–H groups in total. The molecule has 2 aliphatic rings. The van der Waals surface area contributed by atoms with Gasteiger partial charge in [0.2, 0.25) is 0 Å². The van der Waals surface area contributed by atoms with Crippen molar-refractivity contribution >= 4 is 27.3 Å². The number of hydrogen-bond acceptors (Lipinski definition) is 5. The third kappa shape index (κ3) is 3.77. The van der Waals surface area contributed by atoms with Crippen molar-refractivity contribution in [1.82, 2.24) is 9.78 Å². The zero-order chi connectivity index (χ0) is 15.4. The molecule has 0 spiro atoms. The molecule has 6 nitrogen and oxygen atoms in total. The van der Waals surface area contributed by atoms with Crippen LogP contribution in [0.25, 0.3) is 0 Å². The van der Waals surface area contributed by atoms with Crippen LogP contribution in [0.1, 0.15) is 38.3 Å². The van der Waals surface area contributed by atoms with Crippen LogP contribution in [0.2, 0.25) is 0 Å². The maximum atomic E-state index is 8.10. The van der Waals surface area contributed by atoms with Crippen LogP contribution in [-0.2, 0) is 9.47 Å². The van der Waals surface area contributed by atoms with Gasteiger partial charge >= 0.3 is 0 Å². The second-order valence-corrected chi connectivity index (χ2v) is 6.33. The van der Waals surface area contributed by atoms with E-state index in [0.29, 0.717) is 25.3 Å². The zero-order valence-corrected chi connectivity index (χ0v) is 14.1. The lowest BCUT2D eigenvalue weighted by Gasteiger charge is -2.22. The molecule has 2 aliphatic heterocycles. The molecule has 0 amide bonds. The largest absolute Gasteiger partial charge is 0.381 e. The Balaban J connectivity index is 1.69. The summed E-state index contributed by atoms with van der Waals surface area (Å²) >= 11 is 3.56. The Morgan fingerprint density at radius 1 is 1.32 bits per heavy atom. The van der Waals surface area contributed by atoms with Crippen molar-refractivity contribution < 1.29 is 9.47 Å². The smallest absolute Gasteiger partial charge is 0.150 e. The molecule has 3 heterocycles. The zero-order valence-electron chi connectivity index (χ0n) is 12.5. The van der Waals surface area contributed by atoms with Gasteiger partial charge in [-0.15, -0.1) is 0 Å². The summed E-state index contributed by atoms with van der Waals surface area (Å²) in [6.45, 7) is 2.08. The molecule has 0 saturated carbocycles. The number of ether oxygens (including phenoxy) is 2. The fraction of sp³-hybridized carbons (Fsp3) is 0.600. The Labute approximate surface area is 138 Å². The Bertz CT molecular complexity index is 564. The molecular formula is C15H21BrN4O2. The normalized spacial score (nSPS) is 25.7. The molecule has 0 radical (unpaired) electrons. The van der Waals surface area contributed by atoms with Crippen LogP contribution in [-0.4, -0.2) is 35.3 Å². The second kappa shape index (κ2) is 7.39. The van der Waals surface area contributed by atoms with Gasteiger partial charge in [0, 0.05) is 30.7 Å². The maximum Gasteiger partial charge on any atom is 0.150 e. The minimum atomic E-state index is 0.0420. The van der Waals surface area contributed by atoms with Gasteiger partial charge in [0.1, 0.15) is 6.23 Å². The first-order valence-corrected chi connectivity index (χ1v) is 8.50. The molecule has 2 fully saturated rings. The fourth-order valence-electron chi connectivity index (χ4n) is 2.69. The Kier molecular flexibility index (Phi) is 5.28. The molecule has 7 heteroatoms. The maximum absolute atomic E-state index is 8.10. The van der Waals surface area contributed by atoms with Crippen molar-refractivity contribution in [3.63, 3.8) is 0 Å². The average Bonchev–Trinajstić information content (AvgIpc) is 2.89. The Hall–Kier alpha value is -1.18. The number of halogens is 1. The van der Waals surface area contributed by atoms with Crippen LogP contribution >= 0.6 is 15.9 Å². The first-order valence-electron chi connectivity index (χ1n) is 7.71. The highest BCUT2D eigenvalue weighted by molar-refractivity contribution is 9.11. The lowest BCUT2D eigenvalue weighted by Crippen LogP contribution is -2.18. The van der Waals surface area contributed by atoms with E-state index in [0.717, 1.165) is 41.7 Å². The van der Waals surface area contributed by atoms with Crippen LogP contribution in [0.3, 0.4) is 0 Å². The monoisotopic (exact) mass is 368 g/mol. The van der Waals surface area contributed by atoms with Crippen molar-refractivity contribution in [2.24, 2.45) is 0 Å². The van der Waals surface area contributed by atoms with Gasteiger partial charge in [0.05, 0.1) is 35.9 Å². The summed E-state index contributed by atoms with van der Waals surface area (Å²) in [7, 11) is 0. The van der Waals surface area contributed by atoms with Gasteiger partial charge in [-0.05, 0) is 35.2 Å². The fourth-order valence-corrected chi connectivity index (χ4v) is 3.36. The summed E-state index contributed by atoms with van der Waals surface area (Å²) in [6.07, 6.45) is 8.49. The van der Waals surface area contributed by atoms with Gasteiger partial charge in [-0.2, -0.15) is 5.10 Å². The highest BCUT2D eigenvalue weighted by Crippen LogP contribution is 2.25. The number of rotatable bonds is 3. The van der Waals surface area contributed by atoms with Gasteiger partial charge in [-0.3, -0.25) is 0 Å². The summed E-state index contributed by atoms with van der Waals surface area (Å²) in [5.74, 6) is 0. The average molecular weight is 369 g/mol. The molecule has 0 aliphatic carbocycles. The van der Waals surface area contributed by atoms with Crippen LogP contribution in [0.15, 0.2) is 22.6 Å². The number of anilines is 1. The van der Waals surface area contributed by atoms with Crippen LogP contribution in [0.5, 0.6) is 0 Å². The van der Waals surface area contributed by atoms with E-state index in [-0.39, 0.29) is 6.23 Å². The topological polar surface area (TPSA) is 72.2 Å². The third-order valence-electron chi connectivity index (χ3n) is 3.93. The number of nitrogens with zero attached hydrogens (tertiary/aromatic N) is 2. The molecule has 120 valence electrons. The highest BCUT2D eigenvalue weighted by Gasteiger charge is 2.18. The van der Waals surface area contributed by atoms with Crippen molar-refractivity contribution in [3.8, 4) is 0 Å². The number of nitrogens with one attached hydrogen (secondary N) is 2. The predicted molar refractivity (Wildman–Crippen MR) is 88.4 cm³/mol. The molecule has 2 saturated heterocycles. The van der Waals surface area contributed by atoms with Crippen molar-refractivity contribution in [2.45, 2.75) is 38.3 Å². The lowest BCUT2D eigenvalue weighted by molar-refractivity contribution is -0.0394. The molecule has 22 heavy (non-hydrogen) atoms. The SMILES string of the molecule is N=C1CCOCC/C1=C(\Br)Nc1cnn(C2CCCCO2)c1. The quantitative estimate of drug-likeness (QED) is 0.801. The predicted octanol–water partition coefficient (Wildman–Crippen LogP) is 3.43. The molecule has 1 unspecified atom stereocenters. The number of aromatic nitrogens is 2. The summed E-state index contributed by atoms with van der Waals surface area (Å²) in [6, 6.07) is 0. The lowest BCUT2D eigenvalue weighted by atomic mass is 10.1. The summed E-state index contributed by atoms with van der Waals surface area (Å²) in [5, 5.41) is 15.8. The molecule has 1 aromatic rings. The van der Waals surface area contributed by atoms with E-state index in [4.69, 9.17) is 14.9 Å². The van der Waals surface area contributed by atoms with Gasteiger partial charge in [0.25, 0.3) is 0 Å². The Morgan fingerprint density at radius 3 is 3.00 bits per heavy atom. The summed E-state index contributed by atoms with van der Waals surface area (Å²) < 4.78 is 13.8. The highest BCUT2D eigenvalue weighted by atomic mass is 79.9.